The fourth-order valence-electron chi connectivity index (χ4n) is 3.41. The van der Waals surface area contributed by atoms with Gasteiger partial charge in [-0.3, -0.25) is 9.69 Å². The minimum absolute atomic E-state index is 0.0123. The molecule has 1 fully saturated rings. The van der Waals surface area contributed by atoms with Crippen LogP contribution in [0.3, 0.4) is 0 Å². The van der Waals surface area contributed by atoms with E-state index in [1.54, 1.807) is 0 Å². The molecule has 0 bridgehead atoms. The van der Waals surface area contributed by atoms with Crippen molar-refractivity contribution >= 4 is 17.2 Å². The Morgan fingerprint density at radius 3 is 2.32 bits per heavy atom. The van der Waals surface area contributed by atoms with Gasteiger partial charge in [0.2, 0.25) is 0 Å². The van der Waals surface area contributed by atoms with Gasteiger partial charge in [0.05, 0.1) is 6.10 Å². The second-order valence-corrected chi connectivity index (χ2v) is 7.78. The number of nitrogens with zero attached hydrogens (tertiary/aromatic N) is 3. The summed E-state index contributed by atoms with van der Waals surface area (Å²) in [4.78, 5) is 21.4. The van der Waals surface area contributed by atoms with E-state index in [0.717, 1.165) is 29.2 Å². The summed E-state index contributed by atoms with van der Waals surface area (Å²) in [6, 6.07) is 19.6. The number of carbonyl (C=O) groups is 1. The molecule has 2 heterocycles. The van der Waals surface area contributed by atoms with Gasteiger partial charge in [-0.25, -0.2) is 4.98 Å². The molecule has 0 saturated carbocycles. The van der Waals surface area contributed by atoms with Gasteiger partial charge in [-0.2, -0.15) is 0 Å². The van der Waals surface area contributed by atoms with Gasteiger partial charge in [0.15, 0.2) is 0 Å². The maximum Gasteiger partial charge on any atom is 0.273 e. The van der Waals surface area contributed by atoms with E-state index >= 15 is 0 Å². The first-order chi connectivity index (χ1) is 13.7. The SMILES string of the molecule is O=C(c1csc(-c2ccccc2)n1)N1CCN(CC(O)c2ccccc2)CC1. The van der Waals surface area contributed by atoms with E-state index < -0.39 is 6.10 Å². The Morgan fingerprint density at radius 2 is 1.64 bits per heavy atom. The number of amides is 1. The molecule has 144 valence electrons. The van der Waals surface area contributed by atoms with Crippen LogP contribution in [0.15, 0.2) is 66.0 Å². The van der Waals surface area contributed by atoms with Gasteiger partial charge in [0, 0.05) is 43.7 Å². The number of aromatic nitrogens is 1. The fourth-order valence-corrected chi connectivity index (χ4v) is 4.21. The quantitative estimate of drug-likeness (QED) is 0.723. The van der Waals surface area contributed by atoms with Crippen LogP contribution < -0.4 is 0 Å². The molecular formula is C22H23N3O2S. The minimum Gasteiger partial charge on any atom is -0.387 e. The van der Waals surface area contributed by atoms with Crippen molar-refractivity contribution in [3.05, 3.63) is 77.3 Å². The molecule has 6 heteroatoms. The highest BCUT2D eigenvalue weighted by molar-refractivity contribution is 7.13. The molecule has 28 heavy (non-hydrogen) atoms. The van der Waals surface area contributed by atoms with E-state index in [1.165, 1.54) is 11.3 Å². The monoisotopic (exact) mass is 393 g/mol. The summed E-state index contributed by atoms with van der Waals surface area (Å²) in [5, 5.41) is 13.1. The Morgan fingerprint density at radius 1 is 1.00 bits per heavy atom. The lowest BCUT2D eigenvalue weighted by atomic mass is 10.1. The molecule has 1 saturated heterocycles. The van der Waals surface area contributed by atoms with Crippen molar-refractivity contribution in [2.24, 2.45) is 0 Å². The number of aliphatic hydroxyl groups is 1. The van der Waals surface area contributed by atoms with Gasteiger partial charge < -0.3 is 10.0 Å². The van der Waals surface area contributed by atoms with Crippen molar-refractivity contribution in [2.75, 3.05) is 32.7 Å². The van der Waals surface area contributed by atoms with Gasteiger partial charge >= 0.3 is 0 Å². The Kier molecular flexibility index (Phi) is 5.81. The van der Waals surface area contributed by atoms with Crippen molar-refractivity contribution in [1.82, 2.24) is 14.8 Å². The Labute approximate surface area is 168 Å². The summed E-state index contributed by atoms with van der Waals surface area (Å²) in [5.74, 6) is -0.0123. The second kappa shape index (κ2) is 8.65. The number of benzene rings is 2. The molecule has 0 spiro atoms. The standard InChI is InChI=1S/C22H23N3O2S/c26-20(17-7-3-1-4-8-17)15-24-11-13-25(14-12-24)22(27)19-16-28-21(23-19)18-9-5-2-6-10-18/h1-10,16,20,26H,11-15H2. The van der Waals surface area contributed by atoms with Gasteiger partial charge in [-0.1, -0.05) is 60.7 Å². The van der Waals surface area contributed by atoms with Crippen LogP contribution in [0.4, 0.5) is 0 Å². The zero-order valence-electron chi connectivity index (χ0n) is 15.6. The predicted molar refractivity (Wildman–Crippen MR) is 111 cm³/mol. The zero-order chi connectivity index (χ0) is 19.3. The third-order valence-corrected chi connectivity index (χ3v) is 5.91. The molecular weight excluding hydrogens is 370 g/mol. The normalized spacial score (nSPS) is 16.1. The average Bonchev–Trinajstić information content (AvgIpc) is 3.25. The van der Waals surface area contributed by atoms with Crippen LogP contribution in [0.1, 0.15) is 22.2 Å². The number of carbonyl (C=O) groups excluding carboxylic acids is 1. The second-order valence-electron chi connectivity index (χ2n) is 6.92. The van der Waals surface area contributed by atoms with Crippen molar-refractivity contribution in [3.8, 4) is 10.6 Å². The molecule has 1 N–H and O–H groups in total. The number of piperazine rings is 1. The lowest BCUT2D eigenvalue weighted by Crippen LogP contribution is -2.49. The summed E-state index contributed by atoms with van der Waals surface area (Å²) in [5.41, 5.74) is 2.48. The van der Waals surface area contributed by atoms with Crippen LogP contribution in [-0.4, -0.2) is 58.5 Å². The van der Waals surface area contributed by atoms with E-state index in [9.17, 15) is 9.90 Å². The molecule has 0 aliphatic carbocycles. The van der Waals surface area contributed by atoms with Gasteiger partial charge in [0.25, 0.3) is 5.91 Å². The van der Waals surface area contributed by atoms with Crippen LogP contribution in [0.25, 0.3) is 10.6 Å². The van der Waals surface area contributed by atoms with Gasteiger partial charge in [-0.05, 0) is 5.56 Å². The molecule has 1 unspecified atom stereocenters. The topological polar surface area (TPSA) is 56.7 Å². The van der Waals surface area contributed by atoms with Crippen LogP contribution in [0, 0.1) is 0 Å². The van der Waals surface area contributed by atoms with E-state index in [0.29, 0.717) is 25.3 Å². The van der Waals surface area contributed by atoms with E-state index in [-0.39, 0.29) is 5.91 Å². The molecule has 1 aliphatic heterocycles. The Hall–Kier alpha value is -2.54. The summed E-state index contributed by atoms with van der Waals surface area (Å²) in [7, 11) is 0. The number of hydrogen-bond acceptors (Lipinski definition) is 5. The van der Waals surface area contributed by atoms with E-state index in [2.05, 4.69) is 9.88 Å². The van der Waals surface area contributed by atoms with Gasteiger partial charge in [0.1, 0.15) is 10.7 Å². The molecule has 2 aromatic carbocycles. The smallest absolute Gasteiger partial charge is 0.273 e. The maximum absolute atomic E-state index is 12.8. The third-order valence-electron chi connectivity index (χ3n) is 5.02. The number of hydrogen-bond donors (Lipinski definition) is 1. The highest BCUT2D eigenvalue weighted by Gasteiger charge is 2.25. The number of thiazole rings is 1. The van der Waals surface area contributed by atoms with E-state index in [1.807, 2.05) is 70.9 Å². The lowest BCUT2D eigenvalue weighted by Gasteiger charge is -2.35. The number of rotatable bonds is 5. The van der Waals surface area contributed by atoms with Crippen LogP contribution >= 0.6 is 11.3 Å². The third kappa shape index (κ3) is 4.30. The maximum atomic E-state index is 12.8. The Balaban J connectivity index is 1.32. The van der Waals surface area contributed by atoms with E-state index in [4.69, 9.17) is 0 Å². The molecule has 4 rings (SSSR count). The molecule has 1 aromatic heterocycles. The largest absolute Gasteiger partial charge is 0.387 e. The number of aliphatic hydroxyl groups excluding tert-OH is 1. The van der Waals surface area contributed by atoms with Crippen molar-refractivity contribution in [2.45, 2.75) is 6.10 Å². The zero-order valence-corrected chi connectivity index (χ0v) is 16.4. The number of β-amino-alcohol motifs (C(OH)–C–C–N with tert-alkyl or cyclic N) is 1. The summed E-state index contributed by atoms with van der Waals surface area (Å²) >= 11 is 1.50. The molecule has 0 radical (unpaired) electrons. The summed E-state index contributed by atoms with van der Waals surface area (Å²) in [6.07, 6.45) is -0.504. The van der Waals surface area contributed by atoms with Crippen molar-refractivity contribution in [1.29, 1.82) is 0 Å². The summed E-state index contributed by atoms with van der Waals surface area (Å²) < 4.78 is 0. The van der Waals surface area contributed by atoms with Crippen molar-refractivity contribution < 1.29 is 9.90 Å². The minimum atomic E-state index is -0.504. The molecule has 1 atom stereocenters. The average molecular weight is 394 g/mol. The molecule has 1 aliphatic rings. The Bertz CT molecular complexity index is 906. The van der Waals surface area contributed by atoms with Crippen LogP contribution in [-0.2, 0) is 0 Å². The van der Waals surface area contributed by atoms with Crippen LogP contribution in [0.5, 0.6) is 0 Å². The van der Waals surface area contributed by atoms with Crippen LogP contribution in [0.2, 0.25) is 0 Å². The fraction of sp³-hybridized carbons (Fsp3) is 0.273. The molecule has 1 amide bonds. The highest BCUT2D eigenvalue weighted by Crippen LogP contribution is 2.24. The summed E-state index contributed by atoms with van der Waals surface area (Å²) in [6.45, 7) is 3.40. The lowest BCUT2D eigenvalue weighted by molar-refractivity contribution is 0.0523. The highest BCUT2D eigenvalue weighted by atomic mass is 32.1. The molecule has 3 aromatic rings. The first-order valence-corrected chi connectivity index (χ1v) is 10.3. The first kappa shape index (κ1) is 18.8. The molecule has 5 nitrogen and oxygen atoms in total. The van der Waals surface area contributed by atoms with Crippen molar-refractivity contribution in [3.63, 3.8) is 0 Å². The van der Waals surface area contributed by atoms with Gasteiger partial charge in [-0.15, -0.1) is 11.3 Å². The first-order valence-electron chi connectivity index (χ1n) is 9.46. The predicted octanol–water partition coefficient (Wildman–Crippen LogP) is 3.30.